The zero-order valence-corrected chi connectivity index (χ0v) is 18.3. The lowest BCUT2D eigenvalue weighted by Crippen LogP contribution is -2.33. The molecule has 3 rings (SSSR count). The zero-order chi connectivity index (χ0) is 22.5. The number of carbonyl (C=O) groups is 2. The van der Waals surface area contributed by atoms with E-state index in [0.717, 1.165) is 6.54 Å². The van der Waals surface area contributed by atoms with Gasteiger partial charge < -0.3 is 28.8 Å². The standard InChI is InChI=1S/C23H28N2O6/c1-5-30-16-10-9-15(14-18(16)29-4)20-19(21(26)17-8-6-13-31-17)22(27)23(28)25(20)12-7-11-24(2)3/h6,8-10,13-14,20,27H,5,7,11-12H2,1-4H3. The summed E-state index contributed by atoms with van der Waals surface area (Å²) in [6.07, 6.45) is 2.06. The number of Topliss-reactive ketones (excluding diaryl/α,β-unsaturated/α-hetero) is 1. The second-order valence-electron chi connectivity index (χ2n) is 7.47. The normalized spacial score (nSPS) is 16.4. The zero-order valence-electron chi connectivity index (χ0n) is 18.3. The molecule has 8 nitrogen and oxygen atoms in total. The van der Waals surface area contributed by atoms with Crippen LogP contribution in [0.3, 0.4) is 0 Å². The number of aliphatic hydroxyl groups is 1. The molecule has 1 aliphatic heterocycles. The average Bonchev–Trinajstić information content (AvgIpc) is 3.37. The van der Waals surface area contributed by atoms with Crippen LogP contribution in [0.2, 0.25) is 0 Å². The van der Waals surface area contributed by atoms with Crippen LogP contribution in [-0.4, -0.2) is 67.5 Å². The number of hydrogen-bond donors (Lipinski definition) is 1. The predicted molar refractivity (Wildman–Crippen MR) is 114 cm³/mol. The van der Waals surface area contributed by atoms with Gasteiger partial charge in [0, 0.05) is 6.54 Å². The molecule has 1 aromatic carbocycles. The molecule has 166 valence electrons. The first-order chi connectivity index (χ1) is 14.9. The summed E-state index contributed by atoms with van der Waals surface area (Å²) in [4.78, 5) is 29.6. The van der Waals surface area contributed by atoms with Crippen molar-refractivity contribution in [2.24, 2.45) is 0 Å². The second-order valence-corrected chi connectivity index (χ2v) is 7.47. The molecular formula is C23H28N2O6. The van der Waals surface area contributed by atoms with Gasteiger partial charge in [0.1, 0.15) is 0 Å². The topological polar surface area (TPSA) is 92.5 Å². The molecule has 1 atom stereocenters. The first-order valence-corrected chi connectivity index (χ1v) is 10.2. The quantitative estimate of drug-likeness (QED) is 0.581. The molecule has 0 fully saturated rings. The summed E-state index contributed by atoms with van der Waals surface area (Å²) in [5.74, 6) is -0.549. The van der Waals surface area contributed by atoms with Crippen LogP contribution in [0.1, 0.15) is 35.5 Å². The van der Waals surface area contributed by atoms with Gasteiger partial charge in [0.05, 0.1) is 31.6 Å². The maximum absolute atomic E-state index is 13.1. The minimum absolute atomic E-state index is 0.00369. The number of hydrogen-bond acceptors (Lipinski definition) is 7. The highest BCUT2D eigenvalue weighted by molar-refractivity contribution is 6.15. The van der Waals surface area contributed by atoms with Gasteiger partial charge >= 0.3 is 0 Å². The molecule has 0 bridgehead atoms. The Morgan fingerprint density at radius 2 is 2.03 bits per heavy atom. The number of aliphatic hydroxyl groups excluding tert-OH is 1. The molecular weight excluding hydrogens is 400 g/mol. The maximum atomic E-state index is 13.1. The first-order valence-electron chi connectivity index (χ1n) is 10.2. The van der Waals surface area contributed by atoms with Crippen molar-refractivity contribution in [2.45, 2.75) is 19.4 Å². The third-order valence-corrected chi connectivity index (χ3v) is 5.10. The SMILES string of the molecule is CCOc1ccc(C2C(C(=O)c3ccco3)=C(O)C(=O)N2CCCN(C)C)cc1OC. The molecule has 8 heteroatoms. The molecule has 1 N–H and O–H groups in total. The first kappa shape index (κ1) is 22.4. The average molecular weight is 428 g/mol. The second kappa shape index (κ2) is 9.70. The molecule has 2 aromatic rings. The Bertz CT molecular complexity index is 964. The van der Waals surface area contributed by atoms with Gasteiger partial charge in [-0.3, -0.25) is 9.59 Å². The van der Waals surface area contributed by atoms with Crippen LogP contribution in [0.15, 0.2) is 52.3 Å². The summed E-state index contributed by atoms with van der Waals surface area (Å²) in [7, 11) is 5.42. The highest BCUT2D eigenvalue weighted by Gasteiger charge is 2.44. The number of rotatable bonds is 10. The van der Waals surface area contributed by atoms with E-state index < -0.39 is 23.5 Å². The van der Waals surface area contributed by atoms with Crippen LogP contribution in [-0.2, 0) is 4.79 Å². The van der Waals surface area contributed by atoms with Gasteiger partial charge in [-0.2, -0.15) is 0 Å². The third-order valence-electron chi connectivity index (χ3n) is 5.10. The van der Waals surface area contributed by atoms with E-state index in [0.29, 0.717) is 36.6 Å². The van der Waals surface area contributed by atoms with Gasteiger partial charge in [0.15, 0.2) is 23.0 Å². The molecule has 1 aliphatic rings. The van der Waals surface area contributed by atoms with E-state index in [9.17, 15) is 14.7 Å². The fraction of sp³-hybridized carbons (Fsp3) is 0.391. The van der Waals surface area contributed by atoms with E-state index >= 15 is 0 Å². The fourth-order valence-electron chi connectivity index (χ4n) is 3.69. The van der Waals surface area contributed by atoms with Crippen molar-refractivity contribution in [1.29, 1.82) is 0 Å². The Balaban J connectivity index is 2.04. The Labute approximate surface area is 181 Å². The van der Waals surface area contributed by atoms with Crippen LogP contribution in [0.5, 0.6) is 11.5 Å². The van der Waals surface area contributed by atoms with Crippen molar-refractivity contribution < 1.29 is 28.6 Å². The van der Waals surface area contributed by atoms with Gasteiger partial charge in [-0.05, 0) is 63.8 Å². The number of methoxy groups -OCH3 is 1. The van der Waals surface area contributed by atoms with Gasteiger partial charge in [-0.25, -0.2) is 0 Å². The van der Waals surface area contributed by atoms with Crippen LogP contribution in [0.25, 0.3) is 0 Å². The monoisotopic (exact) mass is 428 g/mol. The minimum atomic E-state index is -0.767. The molecule has 0 radical (unpaired) electrons. The van der Waals surface area contributed by atoms with Crippen molar-refractivity contribution >= 4 is 11.7 Å². The fourth-order valence-corrected chi connectivity index (χ4v) is 3.69. The van der Waals surface area contributed by atoms with Gasteiger partial charge in [0.25, 0.3) is 5.91 Å². The van der Waals surface area contributed by atoms with Crippen molar-refractivity contribution in [1.82, 2.24) is 9.80 Å². The van der Waals surface area contributed by atoms with Crippen LogP contribution < -0.4 is 9.47 Å². The third kappa shape index (κ3) is 4.59. The Kier molecular flexibility index (Phi) is 7.02. The minimum Gasteiger partial charge on any atom is -0.503 e. The van der Waals surface area contributed by atoms with Crippen LogP contribution in [0, 0.1) is 0 Å². The molecule has 2 heterocycles. The largest absolute Gasteiger partial charge is 0.503 e. The lowest BCUT2D eigenvalue weighted by molar-refractivity contribution is -0.129. The number of nitrogens with zero attached hydrogens (tertiary/aromatic N) is 2. The van der Waals surface area contributed by atoms with Crippen molar-refractivity contribution in [3.63, 3.8) is 0 Å². The van der Waals surface area contributed by atoms with Gasteiger partial charge in [-0.15, -0.1) is 0 Å². The summed E-state index contributed by atoms with van der Waals surface area (Å²) in [5.41, 5.74) is 0.633. The molecule has 31 heavy (non-hydrogen) atoms. The Morgan fingerprint density at radius 3 is 2.65 bits per heavy atom. The van der Waals surface area contributed by atoms with E-state index in [2.05, 4.69) is 0 Å². The molecule has 0 saturated carbocycles. The highest BCUT2D eigenvalue weighted by Crippen LogP contribution is 2.41. The number of furan rings is 1. The van der Waals surface area contributed by atoms with Crippen LogP contribution >= 0.6 is 0 Å². The Morgan fingerprint density at radius 1 is 1.26 bits per heavy atom. The van der Waals surface area contributed by atoms with E-state index in [4.69, 9.17) is 13.9 Å². The van der Waals surface area contributed by atoms with E-state index in [1.165, 1.54) is 24.3 Å². The lowest BCUT2D eigenvalue weighted by atomic mass is 9.94. The summed E-state index contributed by atoms with van der Waals surface area (Å²) in [6.45, 7) is 3.47. The number of ketones is 1. The summed E-state index contributed by atoms with van der Waals surface area (Å²) in [5, 5.41) is 10.7. The van der Waals surface area contributed by atoms with Crippen molar-refractivity contribution in [3.8, 4) is 11.5 Å². The van der Waals surface area contributed by atoms with Gasteiger partial charge in [-0.1, -0.05) is 6.07 Å². The summed E-state index contributed by atoms with van der Waals surface area (Å²) >= 11 is 0. The van der Waals surface area contributed by atoms with E-state index in [-0.39, 0.29) is 11.3 Å². The number of carbonyl (C=O) groups excluding carboxylic acids is 2. The summed E-state index contributed by atoms with van der Waals surface area (Å²) < 4.78 is 16.3. The number of ether oxygens (including phenoxy) is 2. The molecule has 1 unspecified atom stereocenters. The highest BCUT2D eigenvalue weighted by atomic mass is 16.5. The Hall–Kier alpha value is -3.26. The van der Waals surface area contributed by atoms with E-state index in [1.54, 1.807) is 24.3 Å². The molecule has 0 aliphatic carbocycles. The van der Waals surface area contributed by atoms with E-state index in [1.807, 2.05) is 25.9 Å². The lowest BCUT2D eigenvalue weighted by Gasteiger charge is -2.27. The van der Waals surface area contributed by atoms with Crippen molar-refractivity contribution in [2.75, 3.05) is 40.9 Å². The van der Waals surface area contributed by atoms with Crippen molar-refractivity contribution in [3.05, 3.63) is 59.3 Å². The van der Waals surface area contributed by atoms with Gasteiger partial charge in [0.2, 0.25) is 5.78 Å². The molecule has 1 amide bonds. The molecule has 1 aromatic heterocycles. The maximum Gasteiger partial charge on any atom is 0.290 e. The number of amides is 1. The number of benzene rings is 1. The van der Waals surface area contributed by atoms with Crippen LogP contribution in [0.4, 0.5) is 0 Å². The predicted octanol–water partition coefficient (Wildman–Crippen LogP) is 3.22. The summed E-state index contributed by atoms with van der Waals surface area (Å²) in [6, 6.07) is 7.58. The molecule has 0 saturated heterocycles. The smallest absolute Gasteiger partial charge is 0.290 e. The molecule has 0 spiro atoms.